The molecule has 1 fully saturated rings. The van der Waals surface area contributed by atoms with Gasteiger partial charge in [0.25, 0.3) is 5.91 Å². The van der Waals surface area contributed by atoms with Gasteiger partial charge in [-0.05, 0) is 44.0 Å². The number of halogens is 2. The van der Waals surface area contributed by atoms with Crippen molar-refractivity contribution in [3.63, 3.8) is 0 Å². The normalized spacial score (nSPS) is 16.9. The third-order valence-corrected chi connectivity index (χ3v) is 5.86. The third-order valence-electron chi connectivity index (χ3n) is 5.86. The molecule has 6 N–H and O–H groups in total. The topological polar surface area (TPSA) is 138 Å². The molecule has 9 nitrogen and oxygen atoms in total. The minimum Gasteiger partial charge on any atom is -0.496 e. The lowest BCUT2D eigenvalue weighted by atomic mass is 9.90. The predicted octanol–water partition coefficient (Wildman–Crippen LogP) is 4.25. The molecular formula is C24H31Cl2N7O2. The highest BCUT2D eigenvalue weighted by Crippen LogP contribution is 2.28. The molecule has 2 aromatic carbocycles. The lowest BCUT2D eigenvalue weighted by Crippen LogP contribution is -2.50. The number of methoxy groups -OCH3 is 1. The van der Waals surface area contributed by atoms with Crippen LogP contribution in [0, 0.1) is 12.3 Å². The summed E-state index contributed by atoms with van der Waals surface area (Å²) in [5, 5.41) is 17.9. The molecule has 1 aromatic heterocycles. The molecule has 1 aliphatic carbocycles. The average molecular weight is 520 g/mol. The fraction of sp³-hybridized carbons (Fsp3) is 0.333. The van der Waals surface area contributed by atoms with E-state index in [0.717, 1.165) is 42.1 Å². The largest absolute Gasteiger partial charge is 0.496 e. The van der Waals surface area contributed by atoms with Crippen LogP contribution in [0.4, 0.5) is 11.8 Å². The Balaban J connectivity index is 0.00000216. The zero-order chi connectivity index (χ0) is 23.4. The molecule has 188 valence electrons. The van der Waals surface area contributed by atoms with Crippen molar-refractivity contribution < 1.29 is 9.53 Å². The highest BCUT2D eigenvalue weighted by molar-refractivity contribution is 6.06. The van der Waals surface area contributed by atoms with E-state index in [0.29, 0.717) is 17.1 Å². The van der Waals surface area contributed by atoms with Gasteiger partial charge in [-0.1, -0.05) is 36.6 Å². The lowest BCUT2D eigenvalue weighted by molar-refractivity contribution is 0.102. The van der Waals surface area contributed by atoms with Gasteiger partial charge in [-0.15, -0.1) is 24.8 Å². The van der Waals surface area contributed by atoms with E-state index in [1.54, 1.807) is 18.2 Å². The second-order valence-corrected chi connectivity index (χ2v) is 8.27. The first kappa shape index (κ1) is 27.9. The van der Waals surface area contributed by atoms with E-state index in [4.69, 9.17) is 15.9 Å². The Hall–Kier alpha value is -3.30. The number of nitrogens with zero attached hydrogens (tertiary/aromatic N) is 2. The van der Waals surface area contributed by atoms with Crippen molar-refractivity contribution in [2.45, 2.75) is 44.7 Å². The second-order valence-electron chi connectivity index (χ2n) is 8.27. The van der Waals surface area contributed by atoms with Gasteiger partial charge in [-0.2, -0.15) is 4.98 Å². The molecule has 0 radical (unpaired) electrons. The Morgan fingerprint density at radius 3 is 2.51 bits per heavy atom. The quantitative estimate of drug-likeness (QED) is 0.242. The number of para-hydroxylation sites is 1. The van der Waals surface area contributed by atoms with E-state index < -0.39 is 0 Å². The van der Waals surface area contributed by atoms with Crippen LogP contribution in [0.5, 0.6) is 5.75 Å². The van der Waals surface area contributed by atoms with Crippen LogP contribution in [0.25, 0.3) is 10.9 Å². The zero-order valence-corrected chi connectivity index (χ0v) is 21.3. The number of carbonyl (C=O) groups is 1. The van der Waals surface area contributed by atoms with E-state index in [-0.39, 0.29) is 54.7 Å². The van der Waals surface area contributed by atoms with Crippen LogP contribution in [-0.2, 0) is 0 Å². The fourth-order valence-corrected chi connectivity index (χ4v) is 4.26. The number of hydrogen-bond donors (Lipinski definition) is 5. The van der Waals surface area contributed by atoms with Crippen LogP contribution in [-0.4, -0.2) is 41.0 Å². The molecule has 0 spiro atoms. The van der Waals surface area contributed by atoms with E-state index in [1.165, 1.54) is 7.11 Å². The van der Waals surface area contributed by atoms with Crippen LogP contribution in [0.15, 0.2) is 42.5 Å². The SMILES string of the molecule is COc1ccccc1C(=O)Nc1nc(N[C@H]2CCCC[C@H]2NC(=N)N)c2cc(C)ccc2n1.Cl.Cl. The predicted molar refractivity (Wildman–Crippen MR) is 144 cm³/mol. The van der Waals surface area contributed by atoms with Crippen molar-refractivity contribution in [3.8, 4) is 5.75 Å². The van der Waals surface area contributed by atoms with E-state index in [2.05, 4.69) is 25.9 Å². The number of hydrogen-bond acceptors (Lipinski definition) is 6. The summed E-state index contributed by atoms with van der Waals surface area (Å²) in [6.45, 7) is 2.02. The standard InChI is InChI=1S/C24H29N7O2.2ClH/c1-14-11-12-17-16(13-14)21(27-18-8-4-5-9-19(18)28-23(25)26)30-24(29-17)31-22(32)15-7-3-6-10-20(15)33-2;;/h3,6-7,10-13,18-19H,4-5,8-9H2,1-2H3,(H4,25,26,28)(H2,27,29,30,31,32);2*1H/t18-,19+;;/m0../s1. The average Bonchev–Trinajstić information content (AvgIpc) is 2.80. The summed E-state index contributed by atoms with van der Waals surface area (Å²) in [5.41, 5.74) is 7.82. The van der Waals surface area contributed by atoms with Gasteiger partial charge in [0.15, 0.2) is 5.96 Å². The Kier molecular flexibility index (Phi) is 9.91. The molecule has 0 bridgehead atoms. The van der Waals surface area contributed by atoms with Crippen LogP contribution in [0.2, 0.25) is 0 Å². The number of guanidine groups is 1. The fourth-order valence-electron chi connectivity index (χ4n) is 4.26. The van der Waals surface area contributed by atoms with Gasteiger partial charge in [0, 0.05) is 17.5 Å². The monoisotopic (exact) mass is 519 g/mol. The van der Waals surface area contributed by atoms with Gasteiger partial charge in [-0.3, -0.25) is 15.5 Å². The number of fused-ring (bicyclic) bond motifs is 1. The third kappa shape index (κ3) is 6.64. The van der Waals surface area contributed by atoms with Gasteiger partial charge in [0.05, 0.1) is 18.2 Å². The number of aryl methyl sites for hydroxylation is 1. The van der Waals surface area contributed by atoms with Crippen molar-refractivity contribution in [1.29, 1.82) is 5.41 Å². The lowest BCUT2D eigenvalue weighted by Gasteiger charge is -2.33. The van der Waals surface area contributed by atoms with Gasteiger partial charge in [0.1, 0.15) is 11.6 Å². The van der Waals surface area contributed by atoms with Crippen molar-refractivity contribution >= 4 is 59.3 Å². The summed E-state index contributed by atoms with van der Waals surface area (Å²) in [7, 11) is 1.53. The van der Waals surface area contributed by atoms with Gasteiger partial charge < -0.3 is 21.1 Å². The number of aromatic nitrogens is 2. The Morgan fingerprint density at radius 1 is 1.09 bits per heavy atom. The molecule has 1 heterocycles. The summed E-state index contributed by atoms with van der Waals surface area (Å²) in [6, 6.07) is 13.0. The minimum atomic E-state index is -0.348. The molecular weight excluding hydrogens is 489 g/mol. The molecule has 1 saturated carbocycles. The number of nitrogens with one attached hydrogen (secondary N) is 4. The van der Waals surface area contributed by atoms with Crippen LogP contribution >= 0.6 is 24.8 Å². The Morgan fingerprint density at radius 2 is 1.80 bits per heavy atom. The van der Waals surface area contributed by atoms with Crippen molar-refractivity contribution in [1.82, 2.24) is 15.3 Å². The smallest absolute Gasteiger partial charge is 0.261 e. The maximum absolute atomic E-state index is 12.9. The number of amides is 1. The molecule has 0 unspecified atom stereocenters. The molecule has 0 aliphatic heterocycles. The molecule has 0 saturated heterocycles. The minimum absolute atomic E-state index is 0. The van der Waals surface area contributed by atoms with Gasteiger partial charge >= 0.3 is 0 Å². The van der Waals surface area contributed by atoms with Crippen molar-refractivity contribution in [3.05, 3.63) is 53.6 Å². The summed E-state index contributed by atoms with van der Waals surface area (Å²) < 4.78 is 5.31. The number of benzene rings is 2. The number of carbonyl (C=O) groups excluding carboxylic acids is 1. The summed E-state index contributed by atoms with van der Waals surface area (Å²) >= 11 is 0. The van der Waals surface area contributed by atoms with Gasteiger partial charge in [0.2, 0.25) is 5.95 Å². The van der Waals surface area contributed by atoms with Crippen molar-refractivity contribution in [2.75, 3.05) is 17.7 Å². The molecule has 4 rings (SSSR count). The van der Waals surface area contributed by atoms with E-state index >= 15 is 0 Å². The van der Waals surface area contributed by atoms with Gasteiger partial charge in [-0.25, -0.2) is 4.98 Å². The zero-order valence-electron chi connectivity index (χ0n) is 19.6. The van der Waals surface area contributed by atoms with Crippen LogP contribution in [0.3, 0.4) is 0 Å². The number of ether oxygens (including phenoxy) is 1. The summed E-state index contributed by atoms with van der Waals surface area (Å²) in [4.78, 5) is 22.1. The van der Waals surface area contributed by atoms with Crippen LogP contribution < -0.4 is 26.4 Å². The Bertz CT molecular complexity index is 1190. The van der Waals surface area contributed by atoms with E-state index in [9.17, 15) is 4.79 Å². The second kappa shape index (κ2) is 12.4. The molecule has 1 aliphatic rings. The molecule has 35 heavy (non-hydrogen) atoms. The summed E-state index contributed by atoms with van der Waals surface area (Å²) in [5.74, 6) is 0.934. The first-order valence-corrected chi connectivity index (χ1v) is 11.0. The maximum atomic E-state index is 12.9. The highest BCUT2D eigenvalue weighted by Gasteiger charge is 2.26. The van der Waals surface area contributed by atoms with Crippen LogP contribution in [0.1, 0.15) is 41.6 Å². The molecule has 3 aromatic rings. The first-order valence-electron chi connectivity index (χ1n) is 11.0. The van der Waals surface area contributed by atoms with Crippen molar-refractivity contribution in [2.24, 2.45) is 5.73 Å². The maximum Gasteiger partial charge on any atom is 0.261 e. The molecule has 1 amide bonds. The molecule has 11 heteroatoms. The first-order chi connectivity index (χ1) is 15.9. The number of anilines is 2. The Labute approximate surface area is 217 Å². The van der Waals surface area contributed by atoms with E-state index in [1.807, 2.05) is 31.2 Å². The highest BCUT2D eigenvalue weighted by atomic mass is 35.5. The summed E-state index contributed by atoms with van der Waals surface area (Å²) in [6.07, 6.45) is 3.99. The number of nitrogens with two attached hydrogens (primary N) is 1. The number of rotatable bonds is 6. The molecule has 2 atom stereocenters.